The number of nitrogens with zero attached hydrogens (tertiary/aromatic N) is 1. The van der Waals surface area contributed by atoms with Gasteiger partial charge in [0.05, 0.1) is 11.1 Å². The van der Waals surface area contributed by atoms with Crippen LogP contribution in [0.25, 0.3) is 0 Å². The lowest BCUT2D eigenvalue weighted by Gasteiger charge is -2.40. The van der Waals surface area contributed by atoms with Crippen LogP contribution in [0.5, 0.6) is 0 Å². The summed E-state index contributed by atoms with van der Waals surface area (Å²) in [5, 5.41) is 6.94. The predicted molar refractivity (Wildman–Crippen MR) is 172 cm³/mol. The summed E-state index contributed by atoms with van der Waals surface area (Å²) >= 11 is 12.3. The van der Waals surface area contributed by atoms with Crippen LogP contribution < -0.4 is 16.4 Å². The summed E-state index contributed by atoms with van der Waals surface area (Å²) in [6, 6.07) is 16.7. The molecule has 0 aliphatic carbocycles. The molecule has 1 aliphatic rings. The van der Waals surface area contributed by atoms with Gasteiger partial charge in [0.25, 0.3) is 0 Å². The molecule has 1 saturated heterocycles. The highest BCUT2D eigenvalue weighted by molar-refractivity contribution is 7.89. The number of hydrogen-bond donors (Lipinski definition) is 3. The molecule has 3 aromatic carbocycles. The Morgan fingerprint density at radius 3 is 2.44 bits per heavy atom. The molecule has 0 saturated carbocycles. The van der Waals surface area contributed by atoms with Crippen molar-refractivity contribution in [1.29, 1.82) is 0 Å². The Kier molecular flexibility index (Phi) is 11.3. The van der Waals surface area contributed by atoms with Crippen molar-refractivity contribution in [2.24, 2.45) is 11.7 Å². The molecule has 7 nitrogen and oxygen atoms in total. The number of hydrogen-bond acceptors (Lipinski definition) is 5. The summed E-state index contributed by atoms with van der Waals surface area (Å²) in [6.45, 7) is 6.82. The van der Waals surface area contributed by atoms with Crippen molar-refractivity contribution < 1.29 is 17.6 Å². The molecule has 1 amide bonds. The minimum absolute atomic E-state index is 0.0605. The highest BCUT2D eigenvalue weighted by Crippen LogP contribution is 2.32. The van der Waals surface area contributed by atoms with E-state index in [4.69, 9.17) is 28.9 Å². The van der Waals surface area contributed by atoms with Crippen molar-refractivity contribution in [3.05, 3.63) is 93.7 Å². The van der Waals surface area contributed by atoms with Crippen LogP contribution in [-0.4, -0.2) is 49.8 Å². The molecule has 1 heterocycles. The first-order valence-electron chi connectivity index (χ1n) is 14.5. The van der Waals surface area contributed by atoms with Gasteiger partial charge in [-0.15, -0.1) is 0 Å². The van der Waals surface area contributed by atoms with E-state index in [9.17, 15) is 13.2 Å². The van der Waals surface area contributed by atoms with Gasteiger partial charge in [-0.3, -0.25) is 4.79 Å². The molecular formula is C32H39Cl2FN4O3S. The Morgan fingerprint density at radius 1 is 1.07 bits per heavy atom. The minimum atomic E-state index is -3.86. The first kappa shape index (κ1) is 33.4. The predicted octanol–water partition coefficient (Wildman–Crippen LogP) is 6.21. The summed E-state index contributed by atoms with van der Waals surface area (Å²) in [6.07, 6.45) is 1.27. The van der Waals surface area contributed by atoms with Gasteiger partial charge in [0.2, 0.25) is 15.9 Å². The quantitative estimate of drug-likeness (QED) is 0.229. The average Bonchev–Trinajstić information content (AvgIpc) is 2.95. The highest BCUT2D eigenvalue weighted by Gasteiger charge is 2.38. The van der Waals surface area contributed by atoms with Crippen LogP contribution in [0.15, 0.2) is 71.6 Å². The van der Waals surface area contributed by atoms with E-state index in [0.717, 1.165) is 5.56 Å². The third-order valence-corrected chi connectivity index (χ3v) is 10.8. The third kappa shape index (κ3) is 7.77. The lowest BCUT2D eigenvalue weighted by atomic mass is 9.82. The van der Waals surface area contributed by atoms with Gasteiger partial charge in [0.1, 0.15) is 10.7 Å². The number of nitrogens with two attached hydrogens (primary N) is 1. The van der Waals surface area contributed by atoms with Gasteiger partial charge < -0.3 is 16.4 Å². The van der Waals surface area contributed by atoms with Crippen molar-refractivity contribution in [3.63, 3.8) is 0 Å². The summed E-state index contributed by atoms with van der Waals surface area (Å²) in [4.78, 5) is 13.4. The van der Waals surface area contributed by atoms with Crippen LogP contribution in [0.4, 0.5) is 10.1 Å². The number of anilines is 1. The highest BCUT2D eigenvalue weighted by atomic mass is 35.5. The van der Waals surface area contributed by atoms with E-state index in [1.807, 2.05) is 32.9 Å². The molecule has 0 bridgehead atoms. The van der Waals surface area contributed by atoms with Crippen molar-refractivity contribution in [2.75, 3.05) is 18.4 Å². The lowest BCUT2D eigenvalue weighted by Crippen LogP contribution is -2.58. The van der Waals surface area contributed by atoms with Crippen LogP contribution in [0.3, 0.4) is 0 Å². The van der Waals surface area contributed by atoms with Crippen LogP contribution in [-0.2, 0) is 21.2 Å². The Bertz CT molecular complexity index is 1520. The topological polar surface area (TPSA) is 105 Å². The zero-order chi connectivity index (χ0) is 31.3. The van der Waals surface area contributed by atoms with Gasteiger partial charge in [-0.1, -0.05) is 67.4 Å². The van der Waals surface area contributed by atoms with E-state index in [0.29, 0.717) is 48.6 Å². The molecule has 1 aliphatic heterocycles. The average molecular weight is 650 g/mol. The standard InChI is InChI=1S/C32H39Cl2FN4O3S/c1-20(2)30(22-14-16-23(33)17-15-22)31(36)32(40)38-28-12-7-11-27(35)25(28)9-6-8-24-19-37-18-21(3)39(24)43(41,42)29-13-5-4-10-26(29)34/h4-5,7,10-17,20-21,24,30-31,37H,6,8-9,18-19,36H2,1-3H3,(H,38,40)/t21-,24-,30+,31-/m0/s1. The Balaban J connectivity index is 1.48. The van der Waals surface area contributed by atoms with Crippen molar-refractivity contribution in [1.82, 2.24) is 9.62 Å². The van der Waals surface area contributed by atoms with Gasteiger partial charge in [-0.05, 0) is 74.1 Å². The molecule has 4 rings (SSSR count). The number of sulfonamides is 1. The first-order chi connectivity index (χ1) is 20.4. The Morgan fingerprint density at radius 2 is 1.77 bits per heavy atom. The van der Waals surface area contributed by atoms with Crippen LogP contribution in [0, 0.1) is 11.7 Å². The second kappa shape index (κ2) is 14.5. The Labute approximate surface area is 264 Å². The zero-order valence-electron chi connectivity index (χ0n) is 24.6. The first-order valence-corrected chi connectivity index (χ1v) is 16.7. The molecule has 1 fully saturated rings. The number of nitrogens with one attached hydrogen (secondary N) is 2. The van der Waals surface area contributed by atoms with Crippen LogP contribution >= 0.6 is 23.2 Å². The van der Waals surface area contributed by atoms with E-state index in [1.54, 1.807) is 42.5 Å². The molecule has 0 aromatic heterocycles. The normalized spacial score (nSPS) is 19.3. The monoisotopic (exact) mass is 648 g/mol. The maximum absolute atomic E-state index is 15.1. The summed E-state index contributed by atoms with van der Waals surface area (Å²) < 4.78 is 44.0. The van der Waals surface area contributed by atoms with Crippen molar-refractivity contribution in [3.8, 4) is 0 Å². The molecule has 43 heavy (non-hydrogen) atoms. The molecule has 0 radical (unpaired) electrons. The molecule has 11 heteroatoms. The van der Waals surface area contributed by atoms with Gasteiger partial charge in [-0.2, -0.15) is 4.31 Å². The van der Waals surface area contributed by atoms with E-state index >= 15 is 4.39 Å². The summed E-state index contributed by atoms with van der Waals surface area (Å²) in [7, 11) is -3.86. The van der Waals surface area contributed by atoms with Gasteiger partial charge in [0.15, 0.2) is 0 Å². The number of piperazine rings is 1. The van der Waals surface area contributed by atoms with E-state index in [1.165, 1.54) is 16.4 Å². The molecule has 4 N–H and O–H groups in total. The number of halogens is 3. The maximum atomic E-state index is 15.1. The Hall–Kier alpha value is -2.53. The molecule has 4 atom stereocenters. The molecular weight excluding hydrogens is 610 g/mol. The smallest absolute Gasteiger partial charge is 0.245 e. The van der Waals surface area contributed by atoms with E-state index in [2.05, 4.69) is 10.6 Å². The fourth-order valence-electron chi connectivity index (χ4n) is 5.94. The van der Waals surface area contributed by atoms with Crippen LogP contribution in [0.1, 0.15) is 50.7 Å². The third-order valence-electron chi connectivity index (χ3n) is 8.01. The number of benzene rings is 3. The SMILES string of the molecule is CC(C)[C@H](c1ccc(Cl)cc1)[C@H](N)C(=O)Nc1cccc(F)c1CCC[C@H]1CNC[C@H](C)N1S(=O)(=O)c1ccccc1Cl. The number of rotatable bonds is 11. The number of carbonyl (C=O) groups excluding carboxylic acids is 1. The van der Waals surface area contributed by atoms with Gasteiger partial charge in [-0.25, -0.2) is 12.8 Å². The molecule has 0 unspecified atom stereocenters. The fourth-order valence-corrected chi connectivity index (χ4v) is 8.41. The molecule has 232 valence electrons. The lowest BCUT2D eigenvalue weighted by molar-refractivity contribution is -0.118. The molecule has 0 spiro atoms. The number of amides is 1. The second-order valence-electron chi connectivity index (χ2n) is 11.4. The van der Waals surface area contributed by atoms with Crippen molar-refractivity contribution >= 4 is 44.8 Å². The van der Waals surface area contributed by atoms with Gasteiger partial charge >= 0.3 is 0 Å². The van der Waals surface area contributed by atoms with Gasteiger partial charge in [0, 0.05) is 47.4 Å². The van der Waals surface area contributed by atoms with E-state index in [-0.39, 0.29) is 33.8 Å². The summed E-state index contributed by atoms with van der Waals surface area (Å²) in [5.74, 6) is -1.07. The summed E-state index contributed by atoms with van der Waals surface area (Å²) in [5.41, 5.74) is 8.08. The zero-order valence-corrected chi connectivity index (χ0v) is 26.9. The maximum Gasteiger partial charge on any atom is 0.245 e. The number of carbonyl (C=O) groups is 1. The fraction of sp³-hybridized carbons (Fsp3) is 0.406. The van der Waals surface area contributed by atoms with Crippen LogP contribution in [0.2, 0.25) is 10.0 Å². The minimum Gasteiger partial charge on any atom is -0.324 e. The molecule has 3 aromatic rings. The van der Waals surface area contributed by atoms with E-state index < -0.39 is 27.8 Å². The largest absolute Gasteiger partial charge is 0.324 e. The van der Waals surface area contributed by atoms with Crippen molar-refractivity contribution in [2.45, 2.75) is 69.0 Å². The second-order valence-corrected chi connectivity index (χ2v) is 14.1.